The molecular formula is C21H22N2. The van der Waals surface area contributed by atoms with Gasteiger partial charge in [0, 0.05) is 23.6 Å². The third kappa shape index (κ3) is 3.33. The highest BCUT2D eigenvalue weighted by atomic mass is 15.0. The quantitative estimate of drug-likeness (QED) is 0.822. The van der Waals surface area contributed by atoms with Crippen molar-refractivity contribution in [2.24, 2.45) is 0 Å². The van der Waals surface area contributed by atoms with Gasteiger partial charge < -0.3 is 4.90 Å². The van der Waals surface area contributed by atoms with Gasteiger partial charge in [0.25, 0.3) is 0 Å². The van der Waals surface area contributed by atoms with Crippen molar-refractivity contribution < 1.29 is 0 Å². The Morgan fingerprint density at radius 1 is 1.00 bits per heavy atom. The van der Waals surface area contributed by atoms with Crippen molar-refractivity contribution in [2.75, 3.05) is 20.6 Å². The molecule has 1 aliphatic carbocycles. The number of benzene rings is 2. The Balaban J connectivity index is 1.97. The molecule has 0 aromatic heterocycles. The highest BCUT2D eigenvalue weighted by Crippen LogP contribution is 2.33. The third-order valence-electron chi connectivity index (χ3n) is 4.14. The Morgan fingerprint density at radius 3 is 2.43 bits per heavy atom. The van der Waals surface area contributed by atoms with Crippen LogP contribution in [-0.2, 0) is 0 Å². The van der Waals surface area contributed by atoms with Gasteiger partial charge in [0.15, 0.2) is 0 Å². The largest absolute Gasteiger partial charge is 0.305 e. The van der Waals surface area contributed by atoms with E-state index in [1.54, 1.807) is 0 Å². The van der Waals surface area contributed by atoms with Crippen molar-refractivity contribution in [1.29, 1.82) is 5.41 Å². The van der Waals surface area contributed by atoms with Crippen LogP contribution in [0.15, 0.2) is 78.4 Å². The van der Waals surface area contributed by atoms with Gasteiger partial charge in [-0.15, -0.1) is 0 Å². The molecule has 2 aromatic carbocycles. The zero-order chi connectivity index (χ0) is 16.2. The van der Waals surface area contributed by atoms with Crippen LogP contribution in [0.3, 0.4) is 0 Å². The first-order chi connectivity index (χ1) is 11.2. The molecule has 0 saturated carbocycles. The molecule has 0 amide bonds. The number of likely N-dealkylation sites (N-methyl/N-ethyl adjacent to an activating group) is 1. The Labute approximate surface area is 138 Å². The first-order valence-electron chi connectivity index (χ1n) is 7.92. The molecule has 2 heteroatoms. The minimum Gasteiger partial charge on any atom is -0.305 e. The fourth-order valence-electron chi connectivity index (χ4n) is 3.09. The van der Waals surface area contributed by atoms with Gasteiger partial charge in [-0.1, -0.05) is 72.8 Å². The third-order valence-corrected chi connectivity index (χ3v) is 4.14. The number of rotatable bonds is 5. The predicted octanol–water partition coefficient (Wildman–Crippen LogP) is 4.24. The summed E-state index contributed by atoms with van der Waals surface area (Å²) in [6, 6.07) is 18.3. The second kappa shape index (κ2) is 6.76. The van der Waals surface area contributed by atoms with Crippen LogP contribution in [0.1, 0.15) is 22.6 Å². The number of nitrogens with one attached hydrogen (secondary N) is 1. The van der Waals surface area contributed by atoms with E-state index < -0.39 is 0 Å². The average Bonchev–Trinajstić information content (AvgIpc) is 3.02. The van der Waals surface area contributed by atoms with Crippen LogP contribution >= 0.6 is 0 Å². The molecule has 0 fully saturated rings. The van der Waals surface area contributed by atoms with Crippen molar-refractivity contribution in [1.82, 2.24) is 4.90 Å². The van der Waals surface area contributed by atoms with Crippen LogP contribution in [0.4, 0.5) is 0 Å². The topological polar surface area (TPSA) is 27.1 Å². The van der Waals surface area contributed by atoms with Crippen molar-refractivity contribution in [3.05, 3.63) is 95.1 Å². The van der Waals surface area contributed by atoms with E-state index in [1.165, 1.54) is 11.1 Å². The number of nitrogens with zero attached hydrogens (tertiary/aromatic N) is 1. The van der Waals surface area contributed by atoms with Crippen molar-refractivity contribution in [2.45, 2.75) is 5.92 Å². The van der Waals surface area contributed by atoms with E-state index in [2.05, 4.69) is 55.4 Å². The Hall–Kier alpha value is -2.45. The molecule has 1 unspecified atom stereocenters. The van der Waals surface area contributed by atoms with E-state index in [-0.39, 0.29) is 5.92 Å². The molecule has 0 radical (unpaired) electrons. The first-order valence-corrected chi connectivity index (χ1v) is 7.92. The molecule has 1 N–H and O–H groups in total. The predicted molar refractivity (Wildman–Crippen MR) is 97.3 cm³/mol. The Morgan fingerprint density at radius 2 is 1.70 bits per heavy atom. The number of hydrogen-bond donors (Lipinski definition) is 1. The second-order valence-electron chi connectivity index (χ2n) is 6.17. The van der Waals surface area contributed by atoms with Gasteiger partial charge in [-0.3, -0.25) is 5.41 Å². The van der Waals surface area contributed by atoms with E-state index in [9.17, 15) is 0 Å². The minimum atomic E-state index is 0.262. The molecule has 0 saturated heterocycles. The molecule has 2 nitrogen and oxygen atoms in total. The lowest BCUT2D eigenvalue weighted by Gasteiger charge is -2.21. The van der Waals surface area contributed by atoms with Crippen LogP contribution in [0.2, 0.25) is 0 Å². The molecule has 23 heavy (non-hydrogen) atoms. The standard InChI is InChI=1S/C21H22N2/c1-23(2)15-17-11-8-14-18(17)19-12-6-7-13-20(19)21(22)16-9-4-3-5-10-16/h3-14,18,22H,15H2,1-2H3. The second-order valence-corrected chi connectivity index (χ2v) is 6.17. The molecule has 0 aliphatic heterocycles. The van der Waals surface area contributed by atoms with Gasteiger partial charge in [-0.05, 0) is 25.2 Å². The fourth-order valence-corrected chi connectivity index (χ4v) is 3.09. The monoisotopic (exact) mass is 302 g/mol. The maximum Gasteiger partial charge on any atom is 0.0687 e. The summed E-state index contributed by atoms with van der Waals surface area (Å²) in [6.07, 6.45) is 6.57. The molecule has 116 valence electrons. The number of allylic oxidation sites excluding steroid dienone is 3. The first kappa shape index (κ1) is 15.4. The zero-order valence-electron chi connectivity index (χ0n) is 13.7. The Kier molecular flexibility index (Phi) is 4.54. The van der Waals surface area contributed by atoms with Crippen LogP contribution in [0.25, 0.3) is 0 Å². The van der Waals surface area contributed by atoms with Gasteiger partial charge >= 0.3 is 0 Å². The summed E-state index contributed by atoms with van der Waals surface area (Å²) >= 11 is 0. The SMILES string of the molecule is CN(C)CC1=CC=CC1c1ccccc1C(=N)c1ccccc1. The van der Waals surface area contributed by atoms with Gasteiger partial charge in [0.05, 0.1) is 5.71 Å². The molecule has 1 atom stereocenters. The smallest absolute Gasteiger partial charge is 0.0687 e. The molecule has 0 spiro atoms. The summed E-state index contributed by atoms with van der Waals surface area (Å²) < 4.78 is 0. The van der Waals surface area contributed by atoms with Crippen LogP contribution < -0.4 is 0 Å². The van der Waals surface area contributed by atoms with Crippen molar-refractivity contribution in [3.8, 4) is 0 Å². The van der Waals surface area contributed by atoms with Gasteiger partial charge in [-0.25, -0.2) is 0 Å². The normalized spacial score (nSPS) is 16.7. The van der Waals surface area contributed by atoms with E-state index in [1.807, 2.05) is 36.4 Å². The lowest BCUT2D eigenvalue weighted by atomic mass is 9.86. The van der Waals surface area contributed by atoms with E-state index in [0.29, 0.717) is 5.71 Å². The van der Waals surface area contributed by atoms with Gasteiger partial charge in [0.1, 0.15) is 0 Å². The number of hydrogen-bond acceptors (Lipinski definition) is 2. The molecule has 2 aromatic rings. The molecule has 3 rings (SSSR count). The summed E-state index contributed by atoms with van der Waals surface area (Å²) in [5.41, 5.74) is 5.15. The van der Waals surface area contributed by atoms with Crippen LogP contribution in [-0.4, -0.2) is 31.3 Å². The average molecular weight is 302 g/mol. The summed E-state index contributed by atoms with van der Waals surface area (Å²) in [7, 11) is 4.18. The lowest BCUT2D eigenvalue weighted by Crippen LogP contribution is -2.18. The molecular weight excluding hydrogens is 280 g/mol. The van der Waals surface area contributed by atoms with Crippen LogP contribution in [0, 0.1) is 5.41 Å². The Bertz CT molecular complexity index is 754. The molecule has 0 heterocycles. The highest BCUT2D eigenvalue weighted by Gasteiger charge is 2.21. The van der Waals surface area contributed by atoms with E-state index in [4.69, 9.17) is 5.41 Å². The van der Waals surface area contributed by atoms with Crippen molar-refractivity contribution in [3.63, 3.8) is 0 Å². The molecule has 1 aliphatic rings. The van der Waals surface area contributed by atoms with E-state index >= 15 is 0 Å². The fraction of sp³-hybridized carbons (Fsp3) is 0.190. The maximum atomic E-state index is 8.63. The highest BCUT2D eigenvalue weighted by molar-refractivity contribution is 6.11. The van der Waals surface area contributed by atoms with Gasteiger partial charge in [0.2, 0.25) is 0 Å². The van der Waals surface area contributed by atoms with Gasteiger partial charge in [-0.2, -0.15) is 0 Å². The zero-order valence-corrected chi connectivity index (χ0v) is 13.7. The minimum absolute atomic E-state index is 0.262. The maximum absolute atomic E-state index is 8.63. The van der Waals surface area contributed by atoms with Crippen molar-refractivity contribution >= 4 is 5.71 Å². The van der Waals surface area contributed by atoms with Crippen LogP contribution in [0.5, 0.6) is 0 Å². The summed E-state index contributed by atoms with van der Waals surface area (Å²) in [6.45, 7) is 0.935. The summed E-state index contributed by atoms with van der Waals surface area (Å²) in [5, 5.41) is 8.63. The summed E-state index contributed by atoms with van der Waals surface area (Å²) in [5.74, 6) is 0.262. The lowest BCUT2D eigenvalue weighted by molar-refractivity contribution is 0.439. The molecule has 0 bridgehead atoms. The van der Waals surface area contributed by atoms with E-state index in [0.717, 1.165) is 17.7 Å². The summed E-state index contributed by atoms with van der Waals surface area (Å²) in [4.78, 5) is 2.19.